The molecule has 2 rings (SSSR count). The van der Waals surface area contributed by atoms with Gasteiger partial charge in [-0.05, 0) is 30.5 Å². The third kappa shape index (κ3) is 4.02. The number of carbonyl (C=O) groups is 1. The third-order valence-electron chi connectivity index (χ3n) is 3.30. The summed E-state index contributed by atoms with van der Waals surface area (Å²) in [6.07, 6.45) is 0.685. The van der Waals surface area contributed by atoms with Crippen LogP contribution in [0.3, 0.4) is 0 Å². The molecule has 0 saturated heterocycles. The molecule has 0 spiro atoms. The van der Waals surface area contributed by atoms with Crippen molar-refractivity contribution in [2.24, 2.45) is 0 Å². The van der Waals surface area contributed by atoms with Crippen LogP contribution in [0.25, 0.3) is 0 Å². The van der Waals surface area contributed by atoms with E-state index in [0.29, 0.717) is 19.5 Å². The fraction of sp³-hybridized carbons (Fsp3) is 0.312. The first kappa shape index (κ1) is 15.9. The first-order valence-corrected chi connectivity index (χ1v) is 7.19. The minimum absolute atomic E-state index is 0.0236. The quantitative estimate of drug-likeness (QED) is 0.824. The van der Waals surface area contributed by atoms with E-state index >= 15 is 0 Å². The number of amides is 1. The Morgan fingerprint density at radius 3 is 2.50 bits per heavy atom. The lowest BCUT2D eigenvalue weighted by molar-refractivity contribution is 0.0946. The maximum atomic E-state index is 12.0. The van der Waals surface area contributed by atoms with Gasteiger partial charge in [-0.25, -0.2) is 4.68 Å². The van der Waals surface area contributed by atoms with Crippen molar-refractivity contribution >= 4 is 5.91 Å². The second-order valence-corrected chi connectivity index (χ2v) is 4.85. The van der Waals surface area contributed by atoms with Gasteiger partial charge in [0.2, 0.25) is 0 Å². The van der Waals surface area contributed by atoms with E-state index in [9.17, 15) is 9.59 Å². The summed E-state index contributed by atoms with van der Waals surface area (Å²) in [6, 6.07) is 10.3. The predicted molar refractivity (Wildman–Crippen MR) is 82.6 cm³/mol. The zero-order chi connectivity index (χ0) is 15.9. The molecule has 6 nitrogen and oxygen atoms in total. The largest absolute Gasteiger partial charge is 0.392 e. The van der Waals surface area contributed by atoms with Gasteiger partial charge in [0.05, 0.1) is 6.61 Å². The average molecular weight is 301 g/mol. The summed E-state index contributed by atoms with van der Waals surface area (Å²) in [5, 5.41) is 15.8. The van der Waals surface area contributed by atoms with Gasteiger partial charge in [0.25, 0.3) is 11.5 Å². The Morgan fingerprint density at radius 1 is 1.18 bits per heavy atom. The minimum atomic E-state index is -0.297. The summed E-state index contributed by atoms with van der Waals surface area (Å²) in [6.45, 7) is 2.73. The van der Waals surface area contributed by atoms with E-state index in [-0.39, 0.29) is 23.8 Å². The molecule has 1 amide bonds. The third-order valence-corrected chi connectivity index (χ3v) is 3.30. The Kier molecular flexibility index (Phi) is 5.43. The molecule has 1 aromatic carbocycles. The topological polar surface area (TPSA) is 84.2 Å². The normalized spacial score (nSPS) is 10.5. The van der Waals surface area contributed by atoms with Crippen LogP contribution in [0.4, 0.5) is 0 Å². The Balaban J connectivity index is 1.90. The molecule has 0 radical (unpaired) electrons. The smallest absolute Gasteiger partial charge is 0.271 e. The second-order valence-electron chi connectivity index (χ2n) is 4.85. The molecule has 0 saturated carbocycles. The van der Waals surface area contributed by atoms with Crippen molar-refractivity contribution in [3.05, 3.63) is 63.6 Å². The lowest BCUT2D eigenvalue weighted by Crippen LogP contribution is -2.30. The molecule has 22 heavy (non-hydrogen) atoms. The van der Waals surface area contributed by atoms with Crippen LogP contribution in [-0.2, 0) is 19.6 Å². The highest BCUT2D eigenvalue weighted by atomic mass is 16.3. The summed E-state index contributed by atoms with van der Waals surface area (Å²) >= 11 is 0. The van der Waals surface area contributed by atoms with Gasteiger partial charge < -0.3 is 10.4 Å². The average Bonchev–Trinajstić information content (AvgIpc) is 2.55. The molecule has 116 valence electrons. The van der Waals surface area contributed by atoms with Crippen LogP contribution in [0.5, 0.6) is 0 Å². The standard InChI is InChI=1S/C16H19N3O3/c1-2-19-15(21)8-7-14(18-19)16(22)17-10-9-12-3-5-13(11-20)6-4-12/h3-8,20H,2,9-11H2,1H3,(H,17,22). The van der Waals surface area contributed by atoms with Gasteiger partial charge in [0, 0.05) is 19.2 Å². The number of benzene rings is 1. The minimum Gasteiger partial charge on any atom is -0.392 e. The van der Waals surface area contributed by atoms with Gasteiger partial charge in [0.15, 0.2) is 0 Å². The number of nitrogens with zero attached hydrogens (tertiary/aromatic N) is 2. The zero-order valence-electron chi connectivity index (χ0n) is 12.5. The zero-order valence-corrected chi connectivity index (χ0v) is 12.5. The number of aliphatic hydroxyl groups is 1. The van der Waals surface area contributed by atoms with E-state index in [1.165, 1.54) is 16.8 Å². The molecule has 2 aromatic rings. The van der Waals surface area contributed by atoms with Crippen molar-refractivity contribution in [2.45, 2.75) is 26.5 Å². The number of carbonyl (C=O) groups excluding carboxylic acids is 1. The highest BCUT2D eigenvalue weighted by Crippen LogP contribution is 2.04. The maximum Gasteiger partial charge on any atom is 0.271 e. The maximum absolute atomic E-state index is 12.0. The highest BCUT2D eigenvalue weighted by Gasteiger charge is 2.08. The molecule has 6 heteroatoms. The first-order chi connectivity index (χ1) is 10.6. The van der Waals surface area contributed by atoms with Crippen LogP contribution in [0.1, 0.15) is 28.5 Å². The van der Waals surface area contributed by atoms with Gasteiger partial charge in [-0.2, -0.15) is 5.10 Å². The van der Waals surface area contributed by atoms with Crippen molar-refractivity contribution in [1.29, 1.82) is 0 Å². The summed E-state index contributed by atoms with van der Waals surface area (Å²) in [4.78, 5) is 23.4. The van der Waals surface area contributed by atoms with E-state index in [0.717, 1.165) is 11.1 Å². The molecule has 0 bridgehead atoms. The first-order valence-electron chi connectivity index (χ1n) is 7.19. The summed E-state index contributed by atoms with van der Waals surface area (Å²) in [5.41, 5.74) is 1.95. The molecule has 0 aliphatic rings. The summed E-state index contributed by atoms with van der Waals surface area (Å²) < 4.78 is 1.25. The number of hydrogen-bond acceptors (Lipinski definition) is 4. The fourth-order valence-electron chi connectivity index (χ4n) is 2.02. The van der Waals surface area contributed by atoms with E-state index in [2.05, 4.69) is 10.4 Å². The van der Waals surface area contributed by atoms with E-state index < -0.39 is 0 Å². The van der Waals surface area contributed by atoms with Crippen molar-refractivity contribution in [3.8, 4) is 0 Å². The van der Waals surface area contributed by atoms with Gasteiger partial charge in [-0.1, -0.05) is 24.3 Å². The number of nitrogens with one attached hydrogen (secondary N) is 1. The number of aliphatic hydroxyl groups excluding tert-OH is 1. The molecule has 0 fully saturated rings. The summed E-state index contributed by atoms with van der Waals surface area (Å²) in [7, 11) is 0. The lowest BCUT2D eigenvalue weighted by atomic mass is 10.1. The molecule has 0 aliphatic heterocycles. The lowest BCUT2D eigenvalue weighted by Gasteiger charge is -2.07. The van der Waals surface area contributed by atoms with Crippen molar-refractivity contribution in [1.82, 2.24) is 15.1 Å². The van der Waals surface area contributed by atoms with Crippen molar-refractivity contribution in [3.63, 3.8) is 0 Å². The highest BCUT2D eigenvalue weighted by molar-refractivity contribution is 5.91. The van der Waals surface area contributed by atoms with E-state index in [1.54, 1.807) is 6.92 Å². The number of rotatable bonds is 6. The van der Waals surface area contributed by atoms with Gasteiger partial charge in [-0.3, -0.25) is 9.59 Å². The molecule has 1 heterocycles. The van der Waals surface area contributed by atoms with Gasteiger partial charge >= 0.3 is 0 Å². The summed E-state index contributed by atoms with van der Waals surface area (Å²) in [5.74, 6) is -0.297. The Morgan fingerprint density at radius 2 is 1.86 bits per heavy atom. The molecular formula is C16H19N3O3. The molecule has 2 N–H and O–H groups in total. The van der Waals surface area contributed by atoms with Crippen LogP contribution in [-0.4, -0.2) is 27.3 Å². The Labute approximate surface area is 128 Å². The molecule has 0 atom stereocenters. The Bertz CT molecular complexity index is 693. The van der Waals surface area contributed by atoms with Gasteiger partial charge in [-0.15, -0.1) is 0 Å². The van der Waals surface area contributed by atoms with E-state index in [1.807, 2.05) is 24.3 Å². The molecule has 0 aliphatic carbocycles. The van der Waals surface area contributed by atoms with Crippen LogP contribution in [0.2, 0.25) is 0 Å². The van der Waals surface area contributed by atoms with Crippen LogP contribution < -0.4 is 10.9 Å². The van der Waals surface area contributed by atoms with Crippen molar-refractivity contribution in [2.75, 3.05) is 6.54 Å². The molecular weight excluding hydrogens is 282 g/mol. The second kappa shape index (κ2) is 7.51. The Hall–Kier alpha value is -2.47. The van der Waals surface area contributed by atoms with Gasteiger partial charge in [0.1, 0.15) is 5.69 Å². The van der Waals surface area contributed by atoms with Crippen LogP contribution >= 0.6 is 0 Å². The number of hydrogen-bond donors (Lipinski definition) is 2. The number of aryl methyl sites for hydroxylation is 1. The SMILES string of the molecule is CCn1nc(C(=O)NCCc2ccc(CO)cc2)ccc1=O. The molecule has 0 unspecified atom stereocenters. The van der Waals surface area contributed by atoms with Crippen LogP contribution in [0, 0.1) is 0 Å². The van der Waals surface area contributed by atoms with Crippen LogP contribution in [0.15, 0.2) is 41.2 Å². The number of aromatic nitrogens is 2. The predicted octanol–water partition coefficient (Wildman–Crippen LogP) is 0.728. The van der Waals surface area contributed by atoms with E-state index in [4.69, 9.17) is 5.11 Å². The fourth-order valence-corrected chi connectivity index (χ4v) is 2.02. The molecule has 1 aromatic heterocycles. The van der Waals surface area contributed by atoms with Crippen molar-refractivity contribution < 1.29 is 9.90 Å². The monoisotopic (exact) mass is 301 g/mol.